The number of hydrogen-bond acceptors (Lipinski definition) is 3. The summed E-state index contributed by atoms with van der Waals surface area (Å²) >= 11 is 0. The van der Waals surface area contributed by atoms with Crippen molar-refractivity contribution in [3.63, 3.8) is 0 Å². The van der Waals surface area contributed by atoms with Crippen molar-refractivity contribution in [1.82, 2.24) is 0 Å². The molecule has 0 radical (unpaired) electrons. The van der Waals surface area contributed by atoms with Gasteiger partial charge in [-0.3, -0.25) is 4.55 Å². The van der Waals surface area contributed by atoms with Crippen LogP contribution in [0.5, 0.6) is 5.75 Å². The summed E-state index contributed by atoms with van der Waals surface area (Å²) in [4.78, 5) is 0. The van der Waals surface area contributed by atoms with E-state index in [9.17, 15) is 8.42 Å². The molecular weight excluding hydrogens is 216 g/mol. The van der Waals surface area contributed by atoms with E-state index >= 15 is 0 Å². The Morgan fingerprint density at radius 3 is 2.60 bits per heavy atom. The lowest BCUT2D eigenvalue weighted by molar-refractivity contribution is 0.414. The van der Waals surface area contributed by atoms with Crippen LogP contribution in [0.4, 0.5) is 0 Å². The van der Waals surface area contributed by atoms with E-state index in [-0.39, 0.29) is 5.75 Å². The Bertz CT molecular complexity index is 437. The predicted molar refractivity (Wildman–Crippen MR) is 57.9 cm³/mol. The van der Waals surface area contributed by atoms with Gasteiger partial charge in [-0.1, -0.05) is 6.07 Å². The number of hydrogen-bond donors (Lipinski definition) is 1. The van der Waals surface area contributed by atoms with Crippen LogP contribution < -0.4 is 4.74 Å². The lowest BCUT2D eigenvalue weighted by Gasteiger charge is -2.07. The van der Waals surface area contributed by atoms with Crippen LogP contribution in [0.3, 0.4) is 0 Å². The average molecular weight is 230 g/mol. The van der Waals surface area contributed by atoms with Gasteiger partial charge in [0.15, 0.2) is 0 Å². The fraction of sp³-hybridized carbons (Fsp3) is 0.400. The van der Waals surface area contributed by atoms with E-state index in [0.29, 0.717) is 12.2 Å². The first-order chi connectivity index (χ1) is 6.92. The van der Waals surface area contributed by atoms with Gasteiger partial charge in [-0.15, -0.1) is 0 Å². The summed E-state index contributed by atoms with van der Waals surface area (Å²) in [6, 6.07) is 5.45. The van der Waals surface area contributed by atoms with Crippen molar-refractivity contribution in [3.05, 3.63) is 29.3 Å². The van der Waals surface area contributed by atoms with Gasteiger partial charge in [-0.25, -0.2) is 0 Å². The average Bonchev–Trinajstić information content (AvgIpc) is 2.15. The van der Waals surface area contributed by atoms with Gasteiger partial charge in [0.1, 0.15) is 5.75 Å². The summed E-state index contributed by atoms with van der Waals surface area (Å²) in [6.07, 6.45) is 0.294. The Kier molecular flexibility index (Phi) is 3.71. The van der Waals surface area contributed by atoms with Crippen molar-refractivity contribution in [1.29, 1.82) is 0 Å². The van der Waals surface area contributed by atoms with Crippen LogP contribution in [0.15, 0.2) is 18.2 Å². The SMILES string of the molecule is COc1ccc(C)c(CCS(=O)(=O)O)c1. The Balaban J connectivity index is 2.84. The summed E-state index contributed by atoms with van der Waals surface area (Å²) in [7, 11) is -2.35. The summed E-state index contributed by atoms with van der Waals surface area (Å²) in [6.45, 7) is 1.89. The molecule has 1 aromatic rings. The number of methoxy groups -OCH3 is 1. The molecule has 0 atom stereocenters. The highest BCUT2D eigenvalue weighted by atomic mass is 32.2. The zero-order valence-electron chi connectivity index (χ0n) is 8.73. The minimum absolute atomic E-state index is 0.263. The van der Waals surface area contributed by atoms with Crippen LogP contribution in [0, 0.1) is 6.92 Å². The van der Waals surface area contributed by atoms with Crippen LogP contribution in [0.2, 0.25) is 0 Å². The third kappa shape index (κ3) is 3.89. The van der Waals surface area contributed by atoms with Crippen LogP contribution in [0.1, 0.15) is 11.1 Å². The van der Waals surface area contributed by atoms with Crippen molar-refractivity contribution in [2.24, 2.45) is 0 Å². The molecule has 0 aromatic heterocycles. The lowest BCUT2D eigenvalue weighted by atomic mass is 10.1. The molecule has 0 aliphatic rings. The second kappa shape index (κ2) is 4.63. The molecule has 0 aliphatic carbocycles. The maximum atomic E-state index is 10.6. The zero-order chi connectivity index (χ0) is 11.5. The minimum Gasteiger partial charge on any atom is -0.497 e. The molecule has 1 rings (SSSR count). The summed E-state index contributed by atoms with van der Waals surface area (Å²) in [5.74, 6) is 0.423. The predicted octanol–water partition coefficient (Wildman–Crippen LogP) is 1.43. The highest BCUT2D eigenvalue weighted by Gasteiger charge is 2.07. The highest BCUT2D eigenvalue weighted by Crippen LogP contribution is 2.17. The second-order valence-electron chi connectivity index (χ2n) is 3.33. The Morgan fingerprint density at radius 1 is 1.40 bits per heavy atom. The number of aryl methyl sites for hydroxylation is 2. The van der Waals surface area contributed by atoms with Gasteiger partial charge in [0.2, 0.25) is 0 Å². The zero-order valence-corrected chi connectivity index (χ0v) is 9.54. The molecule has 0 saturated carbocycles. The molecule has 15 heavy (non-hydrogen) atoms. The van der Waals surface area contributed by atoms with Gasteiger partial charge >= 0.3 is 0 Å². The largest absolute Gasteiger partial charge is 0.497 e. The van der Waals surface area contributed by atoms with E-state index in [1.807, 2.05) is 19.1 Å². The molecule has 0 amide bonds. The van der Waals surface area contributed by atoms with E-state index < -0.39 is 10.1 Å². The van der Waals surface area contributed by atoms with Gasteiger partial charge in [0.25, 0.3) is 10.1 Å². The summed E-state index contributed by atoms with van der Waals surface area (Å²) in [5, 5.41) is 0. The summed E-state index contributed by atoms with van der Waals surface area (Å²) in [5.41, 5.74) is 1.85. The smallest absolute Gasteiger partial charge is 0.265 e. The Labute approximate surface area is 89.6 Å². The van der Waals surface area contributed by atoms with Crippen LogP contribution in [-0.4, -0.2) is 25.8 Å². The molecular formula is C10H14O4S. The lowest BCUT2D eigenvalue weighted by Crippen LogP contribution is -2.07. The number of benzene rings is 1. The highest BCUT2D eigenvalue weighted by molar-refractivity contribution is 7.85. The van der Waals surface area contributed by atoms with Gasteiger partial charge in [-0.05, 0) is 36.6 Å². The Morgan fingerprint density at radius 2 is 2.07 bits per heavy atom. The quantitative estimate of drug-likeness (QED) is 0.795. The Hall–Kier alpha value is -1.07. The van der Waals surface area contributed by atoms with Gasteiger partial charge in [0, 0.05) is 0 Å². The topological polar surface area (TPSA) is 63.6 Å². The van der Waals surface area contributed by atoms with Crippen molar-refractivity contribution >= 4 is 10.1 Å². The number of rotatable bonds is 4. The molecule has 4 nitrogen and oxygen atoms in total. The van der Waals surface area contributed by atoms with Crippen molar-refractivity contribution < 1.29 is 17.7 Å². The molecule has 0 bridgehead atoms. The molecule has 0 fully saturated rings. The minimum atomic E-state index is -3.90. The van der Waals surface area contributed by atoms with Gasteiger partial charge in [-0.2, -0.15) is 8.42 Å². The standard InChI is InChI=1S/C10H14O4S/c1-8-3-4-10(14-2)7-9(8)5-6-15(11,12)13/h3-4,7H,5-6H2,1-2H3,(H,11,12,13). The fourth-order valence-corrected chi connectivity index (χ4v) is 1.76. The molecule has 0 spiro atoms. The summed E-state index contributed by atoms with van der Waals surface area (Å²) < 4.78 is 34.9. The van der Waals surface area contributed by atoms with E-state index in [0.717, 1.165) is 11.1 Å². The first kappa shape index (κ1) is 12.0. The first-order valence-electron chi connectivity index (χ1n) is 4.51. The van der Waals surface area contributed by atoms with Crippen LogP contribution in [0.25, 0.3) is 0 Å². The second-order valence-corrected chi connectivity index (χ2v) is 4.90. The molecule has 1 aromatic carbocycles. The molecule has 0 aliphatic heterocycles. The van der Waals surface area contributed by atoms with Crippen molar-refractivity contribution in [2.45, 2.75) is 13.3 Å². The van der Waals surface area contributed by atoms with E-state index in [1.165, 1.54) is 0 Å². The normalized spacial score (nSPS) is 11.4. The monoisotopic (exact) mass is 230 g/mol. The fourth-order valence-electron chi connectivity index (χ4n) is 1.28. The first-order valence-corrected chi connectivity index (χ1v) is 6.12. The van der Waals surface area contributed by atoms with Crippen molar-refractivity contribution in [2.75, 3.05) is 12.9 Å². The molecule has 1 N–H and O–H groups in total. The number of ether oxygens (including phenoxy) is 1. The third-order valence-corrected chi connectivity index (χ3v) is 2.91. The maximum absolute atomic E-state index is 10.6. The van der Waals surface area contributed by atoms with Crippen molar-refractivity contribution in [3.8, 4) is 5.75 Å². The molecule has 84 valence electrons. The molecule has 0 heterocycles. The van der Waals surface area contributed by atoms with E-state index in [1.54, 1.807) is 13.2 Å². The van der Waals surface area contributed by atoms with E-state index in [2.05, 4.69) is 0 Å². The van der Waals surface area contributed by atoms with Crippen LogP contribution in [-0.2, 0) is 16.5 Å². The molecule has 5 heteroatoms. The maximum Gasteiger partial charge on any atom is 0.265 e. The van der Waals surface area contributed by atoms with Gasteiger partial charge < -0.3 is 4.74 Å². The molecule has 0 unspecified atom stereocenters. The van der Waals surface area contributed by atoms with Gasteiger partial charge in [0.05, 0.1) is 12.9 Å². The molecule has 0 saturated heterocycles. The van der Waals surface area contributed by atoms with Crippen LogP contribution >= 0.6 is 0 Å². The van der Waals surface area contributed by atoms with E-state index in [4.69, 9.17) is 9.29 Å². The third-order valence-electron chi connectivity index (χ3n) is 2.19.